The number of aromatic hydroxyl groups is 1. The van der Waals surface area contributed by atoms with E-state index >= 15 is 0 Å². The Bertz CT molecular complexity index is 326. The lowest BCUT2D eigenvalue weighted by molar-refractivity contribution is -0.147. The van der Waals surface area contributed by atoms with Gasteiger partial charge in [-0.1, -0.05) is 12.1 Å². The first kappa shape index (κ1) is 9.02. The predicted octanol–water partition coefficient (Wildman–Crippen LogP) is 0.834. The number of hydrogen-bond donors (Lipinski definition) is 1. The molecular weight excluding hydrogens is 184 g/mol. The van der Waals surface area contributed by atoms with Crippen LogP contribution in [-0.2, 0) is 20.7 Å². The molecule has 4 nitrogen and oxygen atoms in total. The van der Waals surface area contributed by atoms with E-state index in [1.807, 2.05) is 0 Å². The highest BCUT2D eigenvalue weighted by Crippen LogP contribution is 2.14. The molecule has 0 saturated carbocycles. The van der Waals surface area contributed by atoms with Gasteiger partial charge in [-0.25, -0.2) is 0 Å². The quantitative estimate of drug-likeness (QED) is 0.572. The summed E-state index contributed by atoms with van der Waals surface area (Å²) in [5, 5.41) is 9.01. The number of carbonyl (C=O) groups excluding carboxylic acids is 1. The third kappa shape index (κ3) is 2.47. The van der Waals surface area contributed by atoms with E-state index in [0.29, 0.717) is 6.61 Å². The highest BCUT2D eigenvalue weighted by atomic mass is 16.8. The van der Waals surface area contributed by atoms with Crippen LogP contribution in [0.1, 0.15) is 5.56 Å². The standard InChI is InChI=1S/C10H10O4/c11-8-3-1-7(2-4-8)5-9(12)14-10-6-13-10/h1-4,10-11H,5-6H2. The van der Waals surface area contributed by atoms with Crippen molar-refractivity contribution < 1.29 is 19.4 Å². The van der Waals surface area contributed by atoms with Crippen LogP contribution >= 0.6 is 0 Å². The summed E-state index contributed by atoms with van der Waals surface area (Å²) in [6, 6.07) is 6.45. The minimum absolute atomic E-state index is 0.188. The summed E-state index contributed by atoms with van der Waals surface area (Å²) in [6.07, 6.45) is -0.125. The maximum absolute atomic E-state index is 11.2. The monoisotopic (exact) mass is 194 g/mol. The third-order valence-corrected chi connectivity index (χ3v) is 1.85. The van der Waals surface area contributed by atoms with Crippen molar-refractivity contribution in [2.24, 2.45) is 0 Å². The zero-order chi connectivity index (χ0) is 9.97. The summed E-state index contributed by atoms with van der Waals surface area (Å²) in [6.45, 7) is 0.501. The van der Waals surface area contributed by atoms with Gasteiger partial charge in [-0.05, 0) is 17.7 Å². The summed E-state index contributed by atoms with van der Waals surface area (Å²) in [5.41, 5.74) is 0.813. The molecule has 0 amide bonds. The van der Waals surface area contributed by atoms with Gasteiger partial charge in [-0.15, -0.1) is 0 Å². The molecule has 0 radical (unpaired) electrons. The van der Waals surface area contributed by atoms with E-state index in [1.165, 1.54) is 12.1 Å². The minimum atomic E-state index is -0.334. The molecule has 0 aromatic heterocycles. The Morgan fingerprint density at radius 2 is 2.14 bits per heavy atom. The molecule has 1 aliphatic heterocycles. The molecular formula is C10H10O4. The van der Waals surface area contributed by atoms with Crippen LogP contribution in [0, 0.1) is 0 Å². The number of ether oxygens (including phenoxy) is 2. The first-order valence-corrected chi connectivity index (χ1v) is 4.33. The van der Waals surface area contributed by atoms with Gasteiger partial charge in [0.15, 0.2) is 0 Å². The largest absolute Gasteiger partial charge is 0.508 e. The van der Waals surface area contributed by atoms with Gasteiger partial charge in [-0.3, -0.25) is 4.79 Å². The number of carbonyl (C=O) groups is 1. The highest BCUT2D eigenvalue weighted by Gasteiger charge is 2.26. The zero-order valence-corrected chi connectivity index (χ0v) is 7.47. The molecule has 1 heterocycles. The molecule has 1 aliphatic rings. The maximum atomic E-state index is 11.2. The molecule has 14 heavy (non-hydrogen) atoms. The first-order chi connectivity index (χ1) is 6.74. The van der Waals surface area contributed by atoms with E-state index in [0.717, 1.165) is 5.56 Å². The SMILES string of the molecule is O=C(Cc1ccc(O)cc1)OC1CO1. The van der Waals surface area contributed by atoms with E-state index in [-0.39, 0.29) is 24.4 Å². The molecule has 74 valence electrons. The highest BCUT2D eigenvalue weighted by molar-refractivity contribution is 5.72. The molecule has 1 fully saturated rings. The average Bonchev–Trinajstić information content (AvgIpc) is 2.93. The molecule has 2 rings (SSSR count). The van der Waals surface area contributed by atoms with Crippen LogP contribution in [0.4, 0.5) is 0 Å². The number of epoxide rings is 1. The van der Waals surface area contributed by atoms with Crippen molar-refractivity contribution in [1.29, 1.82) is 0 Å². The minimum Gasteiger partial charge on any atom is -0.508 e. The van der Waals surface area contributed by atoms with Crippen LogP contribution < -0.4 is 0 Å². The molecule has 1 N–H and O–H groups in total. The number of benzene rings is 1. The molecule has 1 aromatic rings. The van der Waals surface area contributed by atoms with Crippen molar-refractivity contribution in [2.45, 2.75) is 12.7 Å². The van der Waals surface area contributed by atoms with E-state index < -0.39 is 0 Å². The molecule has 1 unspecified atom stereocenters. The van der Waals surface area contributed by atoms with Crippen LogP contribution in [0.15, 0.2) is 24.3 Å². The Kier molecular flexibility index (Phi) is 2.37. The zero-order valence-electron chi connectivity index (χ0n) is 7.47. The smallest absolute Gasteiger partial charge is 0.312 e. The summed E-state index contributed by atoms with van der Waals surface area (Å²) in [4.78, 5) is 11.2. The van der Waals surface area contributed by atoms with E-state index in [4.69, 9.17) is 14.6 Å². The van der Waals surface area contributed by atoms with Gasteiger partial charge in [0.05, 0.1) is 6.42 Å². The van der Waals surface area contributed by atoms with E-state index in [9.17, 15) is 4.79 Å². The normalized spacial score (nSPS) is 19.0. The van der Waals surface area contributed by atoms with E-state index in [1.54, 1.807) is 12.1 Å². The number of esters is 1. The Balaban J connectivity index is 1.89. The summed E-state index contributed by atoms with van der Waals surface area (Å²) in [7, 11) is 0. The van der Waals surface area contributed by atoms with Crippen molar-refractivity contribution in [3.63, 3.8) is 0 Å². The molecule has 0 bridgehead atoms. The lowest BCUT2D eigenvalue weighted by Crippen LogP contribution is -2.09. The van der Waals surface area contributed by atoms with Gasteiger partial charge in [-0.2, -0.15) is 0 Å². The number of rotatable bonds is 3. The number of phenolic OH excluding ortho intramolecular Hbond substituents is 1. The van der Waals surface area contributed by atoms with Crippen LogP contribution in [0.2, 0.25) is 0 Å². The second kappa shape index (κ2) is 3.67. The van der Waals surface area contributed by atoms with Gasteiger partial charge < -0.3 is 14.6 Å². The van der Waals surface area contributed by atoms with Gasteiger partial charge in [0.25, 0.3) is 0 Å². The van der Waals surface area contributed by atoms with E-state index in [2.05, 4.69) is 0 Å². The van der Waals surface area contributed by atoms with Crippen molar-refractivity contribution in [3.05, 3.63) is 29.8 Å². The fourth-order valence-electron chi connectivity index (χ4n) is 1.08. The fraction of sp³-hybridized carbons (Fsp3) is 0.300. The van der Waals surface area contributed by atoms with Crippen molar-refractivity contribution >= 4 is 5.97 Å². The maximum Gasteiger partial charge on any atom is 0.312 e. The second-order valence-electron chi connectivity index (χ2n) is 3.10. The molecule has 1 atom stereocenters. The average molecular weight is 194 g/mol. The van der Waals surface area contributed by atoms with Gasteiger partial charge in [0, 0.05) is 0 Å². The second-order valence-corrected chi connectivity index (χ2v) is 3.10. The Labute approximate surface area is 81.1 Å². The van der Waals surface area contributed by atoms with Crippen molar-refractivity contribution in [1.82, 2.24) is 0 Å². The topological polar surface area (TPSA) is 59.1 Å². The molecule has 1 saturated heterocycles. The van der Waals surface area contributed by atoms with Gasteiger partial charge >= 0.3 is 5.97 Å². The van der Waals surface area contributed by atoms with Gasteiger partial charge in [0.1, 0.15) is 12.4 Å². The van der Waals surface area contributed by atoms with Crippen LogP contribution in [0.3, 0.4) is 0 Å². The summed E-state index contributed by atoms with van der Waals surface area (Å²) in [5.74, 6) is -0.120. The third-order valence-electron chi connectivity index (χ3n) is 1.85. The van der Waals surface area contributed by atoms with Gasteiger partial charge in [0.2, 0.25) is 6.29 Å². The van der Waals surface area contributed by atoms with Crippen LogP contribution in [0.5, 0.6) is 5.75 Å². The van der Waals surface area contributed by atoms with Crippen LogP contribution in [-0.4, -0.2) is 24.0 Å². The van der Waals surface area contributed by atoms with Crippen LogP contribution in [0.25, 0.3) is 0 Å². The Morgan fingerprint density at radius 1 is 1.50 bits per heavy atom. The fourth-order valence-corrected chi connectivity index (χ4v) is 1.08. The molecule has 1 aromatic carbocycles. The Morgan fingerprint density at radius 3 is 2.71 bits per heavy atom. The summed E-state index contributed by atoms with van der Waals surface area (Å²) < 4.78 is 9.62. The number of hydrogen-bond acceptors (Lipinski definition) is 4. The first-order valence-electron chi connectivity index (χ1n) is 4.33. The lowest BCUT2D eigenvalue weighted by Gasteiger charge is -2.01. The lowest BCUT2D eigenvalue weighted by atomic mass is 10.1. The molecule has 0 spiro atoms. The molecule has 4 heteroatoms. The Hall–Kier alpha value is -1.55. The van der Waals surface area contributed by atoms with Crippen molar-refractivity contribution in [3.8, 4) is 5.75 Å². The summed E-state index contributed by atoms with van der Waals surface area (Å²) >= 11 is 0. The molecule has 0 aliphatic carbocycles. The predicted molar refractivity (Wildman–Crippen MR) is 47.6 cm³/mol. The van der Waals surface area contributed by atoms with Crippen molar-refractivity contribution in [2.75, 3.05) is 6.61 Å². The number of phenols is 1.